The molecule has 0 bridgehead atoms. The van der Waals surface area contributed by atoms with Crippen molar-refractivity contribution in [2.75, 3.05) is 26.7 Å². The molecular formula is C15H33IN4O. The lowest BCUT2D eigenvalue weighted by molar-refractivity contribution is -0.120. The Kier molecular flexibility index (Phi) is 17.2. The second-order valence-corrected chi connectivity index (χ2v) is 5.42. The van der Waals surface area contributed by atoms with Gasteiger partial charge < -0.3 is 16.0 Å². The Balaban J connectivity index is 0. The van der Waals surface area contributed by atoms with E-state index >= 15 is 0 Å². The zero-order valence-corrected chi connectivity index (χ0v) is 16.3. The van der Waals surface area contributed by atoms with Gasteiger partial charge in [0.1, 0.15) is 0 Å². The van der Waals surface area contributed by atoms with Crippen LogP contribution in [0.25, 0.3) is 0 Å². The number of carbonyl (C=O) groups excluding carboxylic acids is 1. The Labute approximate surface area is 147 Å². The first-order chi connectivity index (χ1) is 9.60. The van der Waals surface area contributed by atoms with E-state index in [0.717, 1.165) is 37.8 Å². The molecule has 0 fully saturated rings. The summed E-state index contributed by atoms with van der Waals surface area (Å²) < 4.78 is 0. The first-order valence-electron chi connectivity index (χ1n) is 7.81. The normalized spacial score (nSPS) is 11.0. The maximum Gasteiger partial charge on any atom is 0.221 e. The standard InChI is InChI=1S/C15H32N4O.HI/c1-5-10-17-14(20)9-12-19-15(16-4)18-11-7-6-8-13(2)3;/h13H,5-12H2,1-4H3,(H,17,20)(H2,16,18,19);1H. The Hall–Kier alpha value is -0.530. The van der Waals surface area contributed by atoms with Crippen LogP contribution in [0.15, 0.2) is 4.99 Å². The predicted octanol–water partition coefficient (Wildman–Crippen LogP) is 2.51. The lowest BCUT2D eigenvalue weighted by Gasteiger charge is -2.12. The lowest BCUT2D eigenvalue weighted by atomic mass is 10.1. The van der Waals surface area contributed by atoms with E-state index in [0.29, 0.717) is 13.0 Å². The molecule has 0 aromatic heterocycles. The highest BCUT2D eigenvalue weighted by molar-refractivity contribution is 14.0. The van der Waals surface area contributed by atoms with Crippen molar-refractivity contribution in [3.8, 4) is 0 Å². The van der Waals surface area contributed by atoms with Gasteiger partial charge in [-0.15, -0.1) is 24.0 Å². The van der Waals surface area contributed by atoms with Crippen molar-refractivity contribution in [3.63, 3.8) is 0 Å². The smallest absolute Gasteiger partial charge is 0.221 e. The molecule has 1 amide bonds. The predicted molar refractivity (Wildman–Crippen MR) is 101 cm³/mol. The summed E-state index contributed by atoms with van der Waals surface area (Å²) in [6.07, 6.45) is 5.11. The second-order valence-electron chi connectivity index (χ2n) is 5.42. The molecule has 3 N–H and O–H groups in total. The second kappa shape index (κ2) is 15.9. The minimum Gasteiger partial charge on any atom is -0.356 e. The van der Waals surface area contributed by atoms with E-state index in [-0.39, 0.29) is 29.9 Å². The molecular weight excluding hydrogens is 379 g/mol. The number of hydrogen-bond acceptors (Lipinski definition) is 2. The van der Waals surface area contributed by atoms with Crippen molar-refractivity contribution in [1.29, 1.82) is 0 Å². The summed E-state index contributed by atoms with van der Waals surface area (Å²) in [5.74, 6) is 1.64. The van der Waals surface area contributed by atoms with Crippen molar-refractivity contribution in [1.82, 2.24) is 16.0 Å². The maximum atomic E-state index is 11.4. The highest BCUT2D eigenvalue weighted by atomic mass is 127. The van der Waals surface area contributed by atoms with E-state index in [9.17, 15) is 4.79 Å². The van der Waals surface area contributed by atoms with Crippen LogP contribution in [-0.4, -0.2) is 38.5 Å². The van der Waals surface area contributed by atoms with E-state index in [4.69, 9.17) is 0 Å². The number of amides is 1. The fourth-order valence-electron chi connectivity index (χ4n) is 1.75. The van der Waals surface area contributed by atoms with Crippen LogP contribution in [0, 0.1) is 5.92 Å². The number of aliphatic imine (C=N–C) groups is 1. The molecule has 0 aliphatic heterocycles. The molecule has 0 unspecified atom stereocenters. The SMILES string of the molecule is CCCNC(=O)CCNC(=NC)NCCCCC(C)C.I. The number of unbranched alkanes of at least 4 members (excludes halogenated alkanes) is 1. The monoisotopic (exact) mass is 412 g/mol. The van der Waals surface area contributed by atoms with Crippen LogP contribution < -0.4 is 16.0 Å². The van der Waals surface area contributed by atoms with Crippen LogP contribution in [0.2, 0.25) is 0 Å². The van der Waals surface area contributed by atoms with Gasteiger partial charge in [-0.1, -0.05) is 33.6 Å². The fourth-order valence-corrected chi connectivity index (χ4v) is 1.75. The van der Waals surface area contributed by atoms with Gasteiger partial charge in [-0.3, -0.25) is 9.79 Å². The molecule has 0 spiro atoms. The topological polar surface area (TPSA) is 65.5 Å². The highest BCUT2D eigenvalue weighted by Crippen LogP contribution is 2.04. The van der Waals surface area contributed by atoms with Gasteiger partial charge in [-0.05, 0) is 18.8 Å². The van der Waals surface area contributed by atoms with Gasteiger partial charge in [0.15, 0.2) is 5.96 Å². The van der Waals surface area contributed by atoms with E-state index in [1.165, 1.54) is 12.8 Å². The van der Waals surface area contributed by atoms with Gasteiger partial charge in [0, 0.05) is 33.1 Å². The quantitative estimate of drug-likeness (QED) is 0.224. The Morgan fingerprint density at radius 3 is 2.29 bits per heavy atom. The zero-order chi connectivity index (χ0) is 15.2. The van der Waals surface area contributed by atoms with Crippen LogP contribution >= 0.6 is 24.0 Å². The first-order valence-corrected chi connectivity index (χ1v) is 7.81. The lowest BCUT2D eigenvalue weighted by Crippen LogP contribution is -2.39. The maximum absolute atomic E-state index is 11.4. The third kappa shape index (κ3) is 15.7. The van der Waals surface area contributed by atoms with Crippen molar-refractivity contribution < 1.29 is 4.79 Å². The van der Waals surface area contributed by atoms with Gasteiger partial charge in [0.25, 0.3) is 0 Å². The van der Waals surface area contributed by atoms with Crippen molar-refractivity contribution in [3.05, 3.63) is 0 Å². The third-order valence-electron chi connectivity index (χ3n) is 2.94. The number of carbonyl (C=O) groups is 1. The van der Waals surface area contributed by atoms with Gasteiger partial charge in [-0.2, -0.15) is 0 Å². The minimum atomic E-state index is 0. The number of nitrogens with one attached hydrogen (secondary N) is 3. The van der Waals surface area contributed by atoms with Gasteiger partial charge in [0.2, 0.25) is 5.91 Å². The molecule has 0 heterocycles. The Bertz CT molecular complexity index is 283. The molecule has 126 valence electrons. The van der Waals surface area contributed by atoms with E-state index in [1.807, 2.05) is 6.92 Å². The number of halogens is 1. The molecule has 6 heteroatoms. The van der Waals surface area contributed by atoms with Gasteiger partial charge in [-0.25, -0.2) is 0 Å². The Morgan fingerprint density at radius 2 is 1.71 bits per heavy atom. The molecule has 0 saturated heterocycles. The molecule has 0 atom stereocenters. The van der Waals surface area contributed by atoms with Crippen molar-refractivity contribution in [2.45, 2.75) is 52.9 Å². The van der Waals surface area contributed by atoms with E-state index in [2.05, 4.69) is 34.8 Å². The molecule has 0 aliphatic rings. The van der Waals surface area contributed by atoms with Gasteiger partial charge in [0.05, 0.1) is 0 Å². The molecule has 0 aromatic rings. The summed E-state index contributed by atoms with van der Waals surface area (Å²) in [6, 6.07) is 0. The summed E-state index contributed by atoms with van der Waals surface area (Å²) in [7, 11) is 1.75. The first kappa shape index (κ1) is 22.7. The van der Waals surface area contributed by atoms with Crippen LogP contribution in [0.4, 0.5) is 0 Å². The molecule has 0 rings (SSSR count). The highest BCUT2D eigenvalue weighted by Gasteiger charge is 2.01. The summed E-state index contributed by atoms with van der Waals surface area (Å²) >= 11 is 0. The number of rotatable bonds is 10. The van der Waals surface area contributed by atoms with Crippen LogP contribution in [-0.2, 0) is 4.79 Å². The summed E-state index contributed by atoms with van der Waals surface area (Å²) in [5, 5.41) is 9.28. The summed E-state index contributed by atoms with van der Waals surface area (Å²) in [5.41, 5.74) is 0. The fraction of sp³-hybridized carbons (Fsp3) is 0.867. The van der Waals surface area contributed by atoms with Crippen molar-refractivity contribution in [2.24, 2.45) is 10.9 Å². The molecule has 0 radical (unpaired) electrons. The molecule has 0 aromatic carbocycles. The molecule has 5 nitrogen and oxygen atoms in total. The summed E-state index contributed by atoms with van der Waals surface area (Å²) in [4.78, 5) is 15.6. The number of hydrogen-bond donors (Lipinski definition) is 3. The number of nitrogens with zero attached hydrogens (tertiary/aromatic N) is 1. The van der Waals surface area contributed by atoms with Crippen LogP contribution in [0.3, 0.4) is 0 Å². The number of guanidine groups is 1. The summed E-state index contributed by atoms with van der Waals surface area (Å²) in [6.45, 7) is 8.83. The van der Waals surface area contributed by atoms with Crippen LogP contribution in [0.5, 0.6) is 0 Å². The largest absolute Gasteiger partial charge is 0.356 e. The average molecular weight is 412 g/mol. The van der Waals surface area contributed by atoms with Gasteiger partial charge >= 0.3 is 0 Å². The molecule has 0 saturated carbocycles. The molecule has 21 heavy (non-hydrogen) atoms. The minimum absolute atomic E-state index is 0. The zero-order valence-electron chi connectivity index (χ0n) is 14.0. The average Bonchev–Trinajstić information content (AvgIpc) is 2.42. The Morgan fingerprint density at radius 1 is 1.05 bits per heavy atom. The third-order valence-corrected chi connectivity index (χ3v) is 2.94. The van der Waals surface area contributed by atoms with Crippen LogP contribution in [0.1, 0.15) is 52.9 Å². The van der Waals surface area contributed by atoms with E-state index < -0.39 is 0 Å². The molecule has 0 aliphatic carbocycles. The van der Waals surface area contributed by atoms with E-state index in [1.54, 1.807) is 7.05 Å². The van der Waals surface area contributed by atoms with Crippen molar-refractivity contribution >= 4 is 35.8 Å².